The Bertz CT molecular complexity index is 249. The van der Waals surface area contributed by atoms with Crippen molar-refractivity contribution in [3.63, 3.8) is 0 Å². The van der Waals surface area contributed by atoms with Crippen molar-refractivity contribution in [2.24, 2.45) is 0 Å². The summed E-state index contributed by atoms with van der Waals surface area (Å²) in [6.07, 6.45) is -0.212. The lowest BCUT2D eigenvalue weighted by molar-refractivity contribution is 0.0573. The average Bonchev–Trinajstić information content (AvgIpc) is 2.28. The summed E-state index contributed by atoms with van der Waals surface area (Å²) in [5.74, 6) is 0. The molecule has 1 aliphatic rings. The van der Waals surface area contributed by atoms with Crippen molar-refractivity contribution in [3.05, 3.63) is 0 Å². The summed E-state index contributed by atoms with van der Waals surface area (Å²) >= 11 is 0. The summed E-state index contributed by atoms with van der Waals surface area (Å²) in [6, 6.07) is 0.535. The number of amides is 1. The van der Waals surface area contributed by atoms with Gasteiger partial charge in [0.25, 0.3) is 0 Å². The summed E-state index contributed by atoms with van der Waals surface area (Å²) in [4.78, 5) is 15.9. The van der Waals surface area contributed by atoms with Crippen LogP contribution in [0.25, 0.3) is 0 Å². The lowest BCUT2D eigenvalue weighted by Crippen LogP contribution is -2.50. The van der Waals surface area contributed by atoms with Crippen molar-refractivity contribution < 1.29 is 9.53 Å². The quantitative estimate of drug-likeness (QED) is 0.802. The molecule has 0 atom stereocenters. The standard InChI is InChI=1S/C13H27N3O2/c1-11(2)14-5-6-15-7-9-16(10-8-15)13(17)18-12(3)4/h11-12,14H,5-10H2,1-4H3. The molecule has 1 fully saturated rings. The molecule has 1 aliphatic heterocycles. The molecular formula is C13H27N3O2. The first kappa shape index (κ1) is 15.2. The van der Waals surface area contributed by atoms with E-state index in [1.807, 2.05) is 13.8 Å². The van der Waals surface area contributed by atoms with Gasteiger partial charge in [-0.25, -0.2) is 4.79 Å². The average molecular weight is 257 g/mol. The van der Waals surface area contributed by atoms with Gasteiger partial charge in [0.2, 0.25) is 0 Å². The third-order valence-corrected chi connectivity index (χ3v) is 2.95. The maximum Gasteiger partial charge on any atom is 0.410 e. The minimum atomic E-state index is -0.176. The highest BCUT2D eigenvalue weighted by Crippen LogP contribution is 2.04. The van der Waals surface area contributed by atoms with Gasteiger partial charge < -0.3 is 15.0 Å². The van der Waals surface area contributed by atoms with Crippen molar-refractivity contribution in [3.8, 4) is 0 Å². The Labute approximate surface area is 110 Å². The number of rotatable bonds is 5. The second-order valence-corrected chi connectivity index (χ2v) is 5.37. The number of ether oxygens (including phenoxy) is 1. The van der Waals surface area contributed by atoms with Crippen LogP contribution in [0.3, 0.4) is 0 Å². The molecule has 0 spiro atoms. The van der Waals surface area contributed by atoms with Gasteiger partial charge in [-0.2, -0.15) is 0 Å². The van der Waals surface area contributed by atoms with E-state index in [-0.39, 0.29) is 12.2 Å². The highest BCUT2D eigenvalue weighted by Gasteiger charge is 2.22. The van der Waals surface area contributed by atoms with Crippen molar-refractivity contribution in [1.82, 2.24) is 15.1 Å². The maximum atomic E-state index is 11.7. The van der Waals surface area contributed by atoms with Crippen LogP contribution in [-0.2, 0) is 4.74 Å². The van der Waals surface area contributed by atoms with E-state index in [2.05, 4.69) is 24.1 Å². The molecule has 0 saturated carbocycles. The van der Waals surface area contributed by atoms with E-state index in [4.69, 9.17) is 4.74 Å². The first-order valence-corrected chi connectivity index (χ1v) is 6.90. The normalized spacial score (nSPS) is 17.6. The molecule has 1 heterocycles. The molecule has 0 bridgehead atoms. The molecule has 5 nitrogen and oxygen atoms in total. The molecule has 1 rings (SSSR count). The fourth-order valence-electron chi connectivity index (χ4n) is 1.94. The van der Waals surface area contributed by atoms with Crippen molar-refractivity contribution >= 4 is 6.09 Å². The number of carbonyl (C=O) groups is 1. The summed E-state index contributed by atoms with van der Waals surface area (Å²) < 4.78 is 5.19. The van der Waals surface area contributed by atoms with Crippen molar-refractivity contribution in [1.29, 1.82) is 0 Å². The van der Waals surface area contributed by atoms with Gasteiger partial charge >= 0.3 is 6.09 Å². The van der Waals surface area contributed by atoms with Crippen LogP contribution in [0.2, 0.25) is 0 Å². The molecule has 0 aromatic carbocycles. The smallest absolute Gasteiger partial charge is 0.410 e. The van der Waals surface area contributed by atoms with Crippen LogP contribution in [0.1, 0.15) is 27.7 Å². The summed E-state index contributed by atoms with van der Waals surface area (Å²) in [5, 5.41) is 3.41. The first-order chi connectivity index (χ1) is 8.49. The highest BCUT2D eigenvalue weighted by molar-refractivity contribution is 5.67. The van der Waals surface area contributed by atoms with Gasteiger partial charge in [0.15, 0.2) is 0 Å². The van der Waals surface area contributed by atoms with E-state index in [1.165, 1.54) is 0 Å². The summed E-state index contributed by atoms with van der Waals surface area (Å²) in [6.45, 7) is 13.5. The molecule has 106 valence electrons. The minimum Gasteiger partial charge on any atom is -0.447 e. The van der Waals surface area contributed by atoms with Crippen LogP contribution in [-0.4, -0.2) is 67.3 Å². The Balaban J connectivity index is 2.18. The SMILES string of the molecule is CC(C)NCCN1CCN(C(=O)OC(C)C)CC1. The third kappa shape index (κ3) is 5.69. The molecule has 0 aliphatic carbocycles. The Morgan fingerprint density at radius 3 is 2.28 bits per heavy atom. The van der Waals surface area contributed by atoms with Gasteiger partial charge in [-0.05, 0) is 13.8 Å². The lowest BCUT2D eigenvalue weighted by Gasteiger charge is -2.34. The maximum absolute atomic E-state index is 11.7. The number of carbonyl (C=O) groups excluding carboxylic acids is 1. The van der Waals surface area contributed by atoms with Gasteiger partial charge in [0, 0.05) is 45.3 Å². The molecule has 0 aromatic heterocycles. The molecule has 0 aromatic rings. The topological polar surface area (TPSA) is 44.8 Å². The number of nitrogens with one attached hydrogen (secondary N) is 1. The Hall–Kier alpha value is -0.810. The fraction of sp³-hybridized carbons (Fsp3) is 0.923. The molecule has 1 N–H and O–H groups in total. The van der Waals surface area contributed by atoms with E-state index in [0.717, 1.165) is 39.3 Å². The van der Waals surface area contributed by atoms with Crippen LogP contribution in [0.5, 0.6) is 0 Å². The Kier molecular flexibility index (Phi) is 6.43. The zero-order valence-electron chi connectivity index (χ0n) is 12.1. The van der Waals surface area contributed by atoms with E-state index in [9.17, 15) is 4.79 Å². The molecule has 1 amide bonds. The number of hydrogen-bond donors (Lipinski definition) is 1. The Morgan fingerprint density at radius 2 is 1.78 bits per heavy atom. The van der Waals surface area contributed by atoms with Gasteiger partial charge in [0.05, 0.1) is 6.10 Å². The molecule has 18 heavy (non-hydrogen) atoms. The zero-order chi connectivity index (χ0) is 13.5. The molecule has 5 heteroatoms. The first-order valence-electron chi connectivity index (χ1n) is 6.90. The third-order valence-electron chi connectivity index (χ3n) is 2.95. The molecular weight excluding hydrogens is 230 g/mol. The van der Waals surface area contributed by atoms with E-state index >= 15 is 0 Å². The lowest BCUT2D eigenvalue weighted by atomic mass is 10.3. The van der Waals surface area contributed by atoms with Crippen LogP contribution >= 0.6 is 0 Å². The molecule has 0 radical (unpaired) electrons. The van der Waals surface area contributed by atoms with Crippen LogP contribution in [0.15, 0.2) is 0 Å². The number of hydrogen-bond acceptors (Lipinski definition) is 4. The van der Waals surface area contributed by atoms with Crippen molar-refractivity contribution in [2.75, 3.05) is 39.3 Å². The number of piperazine rings is 1. The van der Waals surface area contributed by atoms with Gasteiger partial charge in [0.1, 0.15) is 0 Å². The second kappa shape index (κ2) is 7.59. The molecule has 1 saturated heterocycles. The number of nitrogens with zero attached hydrogens (tertiary/aromatic N) is 2. The summed E-state index contributed by atoms with van der Waals surface area (Å²) in [7, 11) is 0. The minimum absolute atomic E-state index is 0.0363. The monoisotopic (exact) mass is 257 g/mol. The predicted molar refractivity (Wildman–Crippen MR) is 72.8 cm³/mol. The fourth-order valence-corrected chi connectivity index (χ4v) is 1.94. The second-order valence-electron chi connectivity index (χ2n) is 5.37. The van der Waals surface area contributed by atoms with Gasteiger partial charge in [-0.1, -0.05) is 13.8 Å². The van der Waals surface area contributed by atoms with E-state index < -0.39 is 0 Å². The predicted octanol–water partition coefficient (Wildman–Crippen LogP) is 1.15. The van der Waals surface area contributed by atoms with Crippen molar-refractivity contribution in [2.45, 2.75) is 39.8 Å². The van der Waals surface area contributed by atoms with Gasteiger partial charge in [-0.3, -0.25) is 4.90 Å². The van der Waals surface area contributed by atoms with E-state index in [1.54, 1.807) is 4.90 Å². The molecule has 0 unspecified atom stereocenters. The Morgan fingerprint density at radius 1 is 1.17 bits per heavy atom. The van der Waals surface area contributed by atoms with Crippen LogP contribution < -0.4 is 5.32 Å². The largest absolute Gasteiger partial charge is 0.447 e. The summed E-state index contributed by atoms with van der Waals surface area (Å²) in [5.41, 5.74) is 0. The van der Waals surface area contributed by atoms with Crippen LogP contribution in [0.4, 0.5) is 4.79 Å². The zero-order valence-corrected chi connectivity index (χ0v) is 12.1. The van der Waals surface area contributed by atoms with Crippen LogP contribution in [0, 0.1) is 0 Å². The van der Waals surface area contributed by atoms with E-state index in [0.29, 0.717) is 6.04 Å². The highest BCUT2D eigenvalue weighted by atomic mass is 16.6. The van der Waals surface area contributed by atoms with Gasteiger partial charge in [-0.15, -0.1) is 0 Å².